The molecule has 0 radical (unpaired) electrons. The molecule has 3 aromatic rings. The van der Waals surface area contributed by atoms with Crippen molar-refractivity contribution in [2.45, 2.75) is 39.7 Å². The van der Waals surface area contributed by atoms with Crippen molar-refractivity contribution in [2.24, 2.45) is 5.73 Å². The van der Waals surface area contributed by atoms with Gasteiger partial charge in [-0.3, -0.25) is 9.59 Å². The highest BCUT2D eigenvalue weighted by atomic mass is 19.1. The predicted octanol–water partition coefficient (Wildman–Crippen LogP) is 4.31. The number of nitrogens with two attached hydrogens (primary N) is 1. The number of halogens is 1. The van der Waals surface area contributed by atoms with Crippen LogP contribution in [0.15, 0.2) is 60.8 Å². The first kappa shape index (κ1) is 28.9. The lowest BCUT2D eigenvalue weighted by Crippen LogP contribution is -2.16. The van der Waals surface area contributed by atoms with Gasteiger partial charge in [0.1, 0.15) is 17.7 Å². The van der Waals surface area contributed by atoms with E-state index in [1.54, 1.807) is 6.92 Å². The number of aromatic nitrogens is 1. The number of carbonyl (C=O) groups excluding carboxylic acids is 2. The number of aromatic hydroxyl groups is 2. The van der Waals surface area contributed by atoms with Crippen LogP contribution in [0.1, 0.15) is 41.9 Å². The summed E-state index contributed by atoms with van der Waals surface area (Å²) in [5, 5.41) is 17.9. The van der Waals surface area contributed by atoms with E-state index < -0.39 is 5.91 Å². The summed E-state index contributed by atoms with van der Waals surface area (Å²) in [4.78, 5) is 25.3. The molecule has 4 N–H and O–H groups in total. The summed E-state index contributed by atoms with van der Waals surface area (Å²) < 4.78 is 21.9. The average molecular weight is 487 g/mol. The Morgan fingerprint density at radius 3 is 2.14 bits per heavy atom. The molecule has 8 nitrogen and oxygen atoms in total. The third-order valence-electron chi connectivity index (χ3n) is 4.43. The number of amides is 1. The van der Waals surface area contributed by atoms with E-state index in [1.165, 1.54) is 54.8 Å². The van der Waals surface area contributed by atoms with Crippen LogP contribution < -0.4 is 10.5 Å². The topological polar surface area (TPSA) is 132 Å². The van der Waals surface area contributed by atoms with Crippen molar-refractivity contribution in [2.75, 3.05) is 7.11 Å². The average Bonchev–Trinajstić information content (AvgIpc) is 2.83. The molecule has 0 spiro atoms. The van der Waals surface area contributed by atoms with Gasteiger partial charge in [0.15, 0.2) is 17.2 Å². The van der Waals surface area contributed by atoms with Crippen LogP contribution in [0.5, 0.6) is 17.2 Å². The number of methoxy groups -OCH3 is 1. The molecule has 0 saturated carbocycles. The Morgan fingerprint density at radius 1 is 1.06 bits per heavy atom. The standard InChI is InChI=1S/C13H18O2.C7H8N2O3.C6H5FO/c1-4-13(14)15-11(3)9-12-7-5-10(2)6-8-12;1-12-4-2-3-9-5(6(4)10)7(8)11;7-5-1-3-6(8)4-2-5/h5-8,11H,4,9H2,1-3H3;2-3,10H,1H3,(H2,8,11);1-4,8H. The Hall–Kier alpha value is -4.14. The molecule has 35 heavy (non-hydrogen) atoms. The molecule has 9 heteroatoms. The summed E-state index contributed by atoms with van der Waals surface area (Å²) in [6, 6.07) is 14.7. The Labute approximate surface area is 204 Å². The fourth-order valence-electron chi connectivity index (χ4n) is 2.63. The summed E-state index contributed by atoms with van der Waals surface area (Å²) in [6.45, 7) is 5.79. The summed E-state index contributed by atoms with van der Waals surface area (Å²) in [7, 11) is 1.37. The molecule has 0 aliphatic heterocycles. The number of hydrogen-bond donors (Lipinski definition) is 3. The van der Waals surface area contributed by atoms with Gasteiger partial charge in [-0.2, -0.15) is 0 Å². The van der Waals surface area contributed by atoms with E-state index in [0.717, 1.165) is 6.42 Å². The lowest BCUT2D eigenvalue weighted by Gasteiger charge is -2.12. The SMILES string of the molecule is CCC(=O)OC(C)Cc1ccc(C)cc1.COc1ccnc(C(N)=O)c1O.Oc1ccc(F)cc1. The van der Waals surface area contributed by atoms with Crippen LogP contribution in [0.3, 0.4) is 0 Å². The summed E-state index contributed by atoms with van der Waals surface area (Å²) >= 11 is 0. The molecule has 0 saturated heterocycles. The Kier molecular flexibility index (Phi) is 12.3. The number of aryl methyl sites for hydroxylation is 1. The first-order valence-electron chi connectivity index (χ1n) is 10.8. The van der Waals surface area contributed by atoms with Gasteiger partial charge in [0.2, 0.25) is 0 Å². The summed E-state index contributed by atoms with van der Waals surface area (Å²) in [6.07, 6.45) is 2.52. The largest absolute Gasteiger partial charge is 0.508 e. The molecule has 0 bridgehead atoms. The van der Waals surface area contributed by atoms with E-state index in [0.29, 0.717) is 6.42 Å². The van der Waals surface area contributed by atoms with E-state index in [-0.39, 0.29) is 40.8 Å². The Balaban J connectivity index is 0.000000274. The van der Waals surface area contributed by atoms with Crippen molar-refractivity contribution in [1.29, 1.82) is 0 Å². The molecule has 2 aromatic carbocycles. The van der Waals surface area contributed by atoms with E-state index in [2.05, 4.69) is 36.2 Å². The third kappa shape index (κ3) is 11.0. The van der Waals surface area contributed by atoms with Crippen LogP contribution in [-0.2, 0) is 16.0 Å². The smallest absolute Gasteiger partial charge is 0.305 e. The van der Waals surface area contributed by atoms with Crippen LogP contribution in [0, 0.1) is 12.7 Å². The lowest BCUT2D eigenvalue weighted by atomic mass is 10.1. The molecule has 0 fully saturated rings. The molecule has 1 unspecified atom stereocenters. The highest BCUT2D eigenvalue weighted by molar-refractivity contribution is 5.94. The zero-order chi connectivity index (χ0) is 26.4. The van der Waals surface area contributed by atoms with Gasteiger partial charge in [-0.1, -0.05) is 36.8 Å². The maximum absolute atomic E-state index is 12.0. The minimum atomic E-state index is -0.786. The minimum absolute atomic E-state index is 0.0415. The molecule has 3 rings (SSSR count). The van der Waals surface area contributed by atoms with Gasteiger partial charge in [0, 0.05) is 25.1 Å². The molecular formula is C26H31FN2O6. The second-order valence-electron chi connectivity index (χ2n) is 7.39. The van der Waals surface area contributed by atoms with Crippen LogP contribution in [0.4, 0.5) is 4.39 Å². The molecule has 1 aromatic heterocycles. The second kappa shape index (κ2) is 14.9. The van der Waals surface area contributed by atoms with E-state index in [4.69, 9.17) is 20.3 Å². The van der Waals surface area contributed by atoms with Gasteiger partial charge < -0.3 is 25.4 Å². The van der Waals surface area contributed by atoms with Gasteiger partial charge in [-0.05, 0) is 43.7 Å². The first-order valence-corrected chi connectivity index (χ1v) is 10.8. The Morgan fingerprint density at radius 2 is 1.66 bits per heavy atom. The van der Waals surface area contributed by atoms with Gasteiger partial charge in [-0.15, -0.1) is 0 Å². The van der Waals surface area contributed by atoms with Crippen LogP contribution in [-0.4, -0.2) is 40.3 Å². The fraction of sp³-hybridized carbons (Fsp3) is 0.269. The van der Waals surface area contributed by atoms with Crippen molar-refractivity contribution in [1.82, 2.24) is 4.98 Å². The monoisotopic (exact) mass is 486 g/mol. The third-order valence-corrected chi connectivity index (χ3v) is 4.43. The van der Waals surface area contributed by atoms with Crippen LogP contribution in [0.2, 0.25) is 0 Å². The molecule has 0 aliphatic carbocycles. The van der Waals surface area contributed by atoms with Crippen molar-refractivity contribution in [3.05, 3.63) is 83.4 Å². The van der Waals surface area contributed by atoms with Crippen LogP contribution in [0.25, 0.3) is 0 Å². The highest BCUT2D eigenvalue weighted by Gasteiger charge is 2.12. The maximum atomic E-state index is 12.0. The van der Waals surface area contributed by atoms with Crippen molar-refractivity contribution >= 4 is 11.9 Å². The summed E-state index contributed by atoms with van der Waals surface area (Å²) in [5.74, 6) is -1.30. The second-order valence-corrected chi connectivity index (χ2v) is 7.39. The van der Waals surface area contributed by atoms with Gasteiger partial charge >= 0.3 is 5.97 Å². The maximum Gasteiger partial charge on any atom is 0.305 e. The number of nitrogens with zero attached hydrogens (tertiary/aromatic N) is 1. The van der Waals surface area contributed by atoms with Crippen molar-refractivity contribution < 1.29 is 33.7 Å². The molecule has 0 aliphatic rings. The highest BCUT2D eigenvalue weighted by Crippen LogP contribution is 2.26. The lowest BCUT2D eigenvalue weighted by molar-refractivity contribution is -0.147. The number of primary amides is 1. The number of hydrogen-bond acceptors (Lipinski definition) is 7. The van der Waals surface area contributed by atoms with Crippen molar-refractivity contribution in [3.63, 3.8) is 0 Å². The number of phenols is 1. The number of phenolic OH excluding ortho intramolecular Hbond substituents is 1. The quantitative estimate of drug-likeness (QED) is 0.443. The first-order chi connectivity index (χ1) is 16.6. The number of rotatable bonds is 6. The van der Waals surface area contributed by atoms with Gasteiger partial charge in [0.05, 0.1) is 7.11 Å². The van der Waals surface area contributed by atoms with Gasteiger partial charge in [0.25, 0.3) is 5.91 Å². The number of carbonyl (C=O) groups is 2. The molecule has 1 amide bonds. The Bertz CT molecular complexity index is 1050. The van der Waals surface area contributed by atoms with E-state index in [1.807, 2.05) is 6.92 Å². The zero-order valence-corrected chi connectivity index (χ0v) is 20.2. The number of ether oxygens (including phenoxy) is 2. The molecule has 1 atom stereocenters. The fourth-order valence-corrected chi connectivity index (χ4v) is 2.63. The molecule has 188 valence electrons. The number of pyridine rings is 1. The predicted molar refractivity (Wildman–Crippen MR) is 130 cm³/mol. The molecule has 1 heterocycles. The van der Waals surface area contributed by atoms with E-state index in [9.17, 15) is 19.1 Å². The van der Waals surface area contributed by atoms with Crippen LogP contribution >= 0.6 is 0 Å². The van der Waals surface area contributed by atoms with Crippen molar-refractivity contribution in [3.8, 4) is 17.2 Å². The van der Waals surface area contributed by atoms with E-state index >= 15 is 0 Å². The summed E-state index contributed by atoms with van der Waals surface area (Å²) in [5.41, 5.74) is 7.19. The normalized spacial score (nSPS) is 10.5. The molecular weight excluding hydrogens is 455 g/mol. The number of esters is 1. The van der Waals surface area contributed by atoms with Gasteiger partial charge in [-0.25, -0.2) is 9.37 Å². The minimum Gasteiger partial charge on any atom is -0.508 e. The zero-order valence-electron chi connectivity index (χ0n) is 20.2. The number of benzene rings is 2.